The van der Waals surface area contributed by atoms with E-state index < -0.39 is 0 Å². The molecular formula is C19H23Cl2N7. The molecule has 28 heavy (non-hydrogen) atoms. The molecule has 0 saturated heterocycles. The van der Waals surface area contributed by atoms with Crippen LogP contribution in [-0.4, -0.2) is 52.0 Å². The average molecular weight is 420 g/mol. The molecule has 2 N–H and O–H groups in total. The minimum Gasteiger partial charge on any atom is -0.370 e. The van der Waals surface area contributed by atoms with Crippen molar-refractivity contribution in [2.24, 2.45) is 0 Å². The molecule has 0 bridgehead atoms. The Morgan fingerprint density at radius 3 is 2.29 bits per heavy atom. The van der Waals surface area contributed by atoms with Crippen molar-refractivity contribution >= 4 is 51.8 Å². The highest BCUT2D eigenvalue weighted by atomic mass is 35.5. The molecule has 3 aromatic rings. The molecule has 0 atom stereocenters. The molecule has 0 fully saturated rings. The topological polar surface area (TPSA) is 78.9 Å². The number of hydrogen-bond donors (Lipinski definition) is 2. The molecule has 1 aromatic carbocycles. The van der Waals surface area contributed by atoms with Crippen LogP contribution < -0.4 is 10.6 Å². The van der Waals surface area contributed by atoms with Gasteiger partial charge in [0, 0.05) is 18.3 Å². The molecular weight excluding hydrogens is 397 g/mol. The predicted octanol–water partition coefficient (Wildman–Crippen LogP) is 4.45. The van der Waals surface area contributed by atoms with Gasteiger partial charge in [-0.25, -0.2) is 15.0 Å². The van der Waals surface area contributed by atoms with E-state index in [4.69, 9.17) is 23.2 Å². The normalized spacial score (nSPS) is 11.2. The Morgan fingerprint density at radius 1 is 0.929 bits per heavy atom. The van der Waals surface area contributed by atoms with Crippen molar-refractivity contribution in [2.75, 3.05) is 37.8 Å². The van der Waals surface area contributed by atoms with E-state index in [1.165, 1.54) is 0 Å². The maximum atomic E-state index is 6.11. The molecule has 0 saturated carbocycles. The largest absolute Gasteiger partial charge is 0.370 e. The Labute approximate surface area is 174 Å². The van der Waals surface area contributed by atoms with Gasteiger partial charge in [0.25, 0.3) is 0 Å². The Bertz CT molecular complexity index is 992. The van der Waals surface area contributed by atoms with Crippen molar-refractivity contribution in [3.63, 3.8) is 0 Å². The third kappa shape index (κ3) is 5.19. The lowest BCUT2D eigenvalue weighted by molar-refractivity contribution is 0.405. The second kappa shape index (κ2) is 8.86. The van der Waals surface area contributed by atoms with Crippen LogP contribution in [0.25, 0.3) is 11.0 Å². The molecule has 0 spiro atoms. The first-order valence-electron chi connectivity index (χ1n) is 8.96. The van der Waals surface area contributed by atoms with Gasteiger partial charge in [0.15, 0.2) is 5.82 Å². The van der Waals surface area contributed by atoms with Crippen molar-refractivity contribution in [2.45, 2.75) is 20.3 Å². The van der Waals surface area contributed by atoms with Gasteiger partial charge >= 0.3 is 0 Å². The molecule has 3 rings (SSSR count). The Hall–Kier alpha value is -2.22. The van der Waals surface area contributed by atoms with E-state index in [0.29, 0.717) is 32.8 Å². The third-order valence-electron chi connectivity index (χ3n) is 4.05. The molecule has 0 radical (unpaired) electrons. The van der Waals surface area contributed by atoms with Crippen LogP contribution in [0.1, 0.15) is 17.8 Å². The predicted molar refractivity (Wildman–Crippen MR) is 116 cm³/mol. The lowest BCUT2D eigenvalue weighted by atomic mass is 10.3. The van der Waals surface area contributed by atoms with Crippen molar-refractivity contribution in [1.82, 2.24) is 24.8 Å². The monoisotopic (exact) mass is 419 g/mol. The van der Waals surface area contributed by atoms with E-state index in [-0.39, 0.29) is 0 Å². The summed E-state index contributed by atoms with van der Waals surface area (Å²) in [6.45, 7) is 5.65. The van der Waals surface area contributed by atoms with E-state index in [1.807, 2.05) is 19.9 Å². The number of fused-ring (bicyclic) bond motifs is 1. The molecule has 0 amide bonds. The van der Waals surface area contributed by atoms with E-state index >= 15 is 0 Å². The van der Waals surface area contributed by atoms with E-state index in [0.717, 1.165) is 36.7 Å². The maximum Gasteiger partial charge on any atom is 0.230 e. The first-order chi connectivity index (χ1) is 13.3. The van der Waals surface area contributed by atoms with Crippen LogP contribution in [0.5, 0.6) is 0 Å². The number of anilines is 3. The maximum absolute atomic E-state index is 6.11. The number of benzene rings is 1. The fourth-order valence-corrected chi connectivity index (χ4v) is 3.01. The average Bonchev–Trinajstić information content (AvgIpc) is 2.61. The van der Waals surface area contributed by atoms with Crippen molar-refractivity contribution in [3.05, 3.63) is 39.6 Å². The number of nitrogens with one attached hydrogen (secondary N) is 2. The van der Waals surface area contributed by atoms with Crippen molar-refractivity contribution < 1.29 is 0 Å². The van der Waals surface area contributed by atoms with Crippen molar-refractivity contribution in [3.8, 4) is 0 Å². The summed E-state index contributed by atoms with van der Waals surface area (Å²) >= 11 is 12.2. The lowest BCUT2D eigenvalue weighted by Crippen LogP contribution is -2.17. The molecule has 0 aliphatic carbocycles. The molecule has 0 aliphatic heterocycles. The van der Waals surface area contributed by atoms with Crippen molar-refractivity contribution in [1.29, 1.82) is 0 Å². The summed E-state index contributed by atoms with van der Waals surface area (Å²) in [4.78, 5) is 20.3. The Balaban J connectivity index is 1.81. The highest BCUT2D eigenvalue weighted by Gasteiger charge is 2.10. The standard InChI is InChI=1S/C19H23Cl2N7/c1-11-8-17(22-6-5-7-28(3)4)26-19(23-11)27-18-12(2)24-15-9-13(20)14(21)10-16(15)25-18/h8-10H,5-7H2,1-4H3,(H2,22,23,25,26,27). The van der Waals surface area contributed by atoms with Gasteiger partial charge in [-0.1, -0.05) is 23.2 Å². The minimum atomic E-state index is 0.439. The van der Waals surface area contributed by atoms with Gasteiger partial charge in [-0.05, 0) is 53.0 Å². The zero-order valence-corrected chi connectivity index (χ0v) is 17.9. The number of aromatic nitrogens is 4. The zero-order chi connectivity index (χ0) is 20.3. The van der Waals surface area contributed by atoms with E-state index in [1.54, 1.807) is 12.1 Å². The highest BCUT2D eigenvalue weighted by molar-refractivity contribution is 6.42. The van der Waals surface area contributed by atoms with Crippen LogP contribution in [0.4, 0.5) is 17.6 Å². The number of aryl methyl sites for hydroxylation is 2. The van der Waals surface area contributed by atoms with Gasteiger partial charge in [-0.15, -0.1) is 0 Å². The Morgan fingerprint density at radius 2 is 1.61 bits per heavy atom. The minimum absolute atomic E-state index is 0.439. The fourth-order valence-electron chi connectivity index (χ4n) is 2.69. The van der Waals surface area contributed by atoms with Gasteiger partial charge in [0.1, 0.15) is 5.82 Å². The van der Waals surface area contributed by atoms with E-state index in [9.17, 15) is 0 Å². The SMILES string of the molecule is Cc1cc(NCCCN(C)C)nc(Nc2nc3cc(Cl)c(Cl)cc3nc2C)n1. The highest BCUT2D eigenvalue weighted by Crippen LogP contribution is 2.28. The van der Waals surface area contributed by atoms with Crippen LogP contribution in [0.3, 0.4) is 0 Å². The number of rotatable bonds is 7. The first kappa shape index (κ1) is 20.5. The van der Waals surface area contributed by atoms with Gasteiger partial charge in [-0.2, -0.15) is 4.98 Å². The molecule has 0 unspecified atom stereocenters. The smallest absolute Gasteiger partial charge is 0.230 e. The number of hydrogen-bond acceptors (Lipinski definition) is 7. The fraction of sp³-hybridized carbons (Fsp3) is 0.368. The van der Waals surface area contributed by atoms with E-state index in [2.05, 4.69) is 49.6 Å². The lowest BCUT2D eigenvalue weighted by Gasteiger charge is -2.12. The first-order valence-corrected chi connectivity index (χ1v) is 9.72. The molecule has 2 aromatic heterocycles. The van der Waals surface area contributed by atoms with Gasteiger partial charge in [0.05, 0.1) is 26.8 Å². The summed E-state index contributed by atoms with van der Waals surface area (Å²) in [6, 6.07) is 5.33. The molecule has 2 heterocycles. The van der Waals surface area contributed by atoms with Crippen LogP contribution >= 0.6 is 23.2 Å². The van der Waals surface area contributed by atoms with Gasteiger partial charge < -0.3 is 15.5 Å². The van der Waals surface area contributed by atoms with Gasteiger partial charge in [0.2, 0.25) is 5.95 Å². The molecule has 148 valence electrons. The molecule has 0 aliphatic rings. The summed E-state index contributed by atoms with van der Waals surface area (Å²) < 4.78 is 0. The summed E-state index contributed by atoms with van der Waals surface area (Å²) in [5, 5.41) is 7.40. The quantitative estimate of drug-likeness (QED) is 0.547. The number of nitrogens with zero attached hydrogens (tertiary/aromatic N) is 5. The summed E-state index contributed by atoms with van der Waals surface area (Å²) in [5.74, 6) is 1.82. The van der Waals surface area contributed by atoms with Crippen LogP contribution in [0.2, 0.25) is 10.0 Å². The summed E-state index contributed by atoms with van der Waals surface area (Å²) in [5.41, 5.74) is 2.91. The third-order valence-corrected chi connectivity index (χ3v) is 4.78. The van der Waals surface area contributed by atoms with Crippen LogP contribution in [0, 0.1) is 13.8 Å². The van der Waals surface area contributed by atoms with Crippen LogP contribution in [-0.2, 0) is 0 Å². The summed E-state index contributed by atoms with van der Waals surface area (Å²) in [7, 11) is 4.12. The summed E-state index contributed by atoms with van der Waals surface area (Å²) in [6.07, 6.45) is 1.03. The molecule has 7 nitrogen and oxygen atoms in total. The second-order valence-corrected chi connectivity index (χ2v) is 7.65. The zero-order valence-electron chi connectivity index (χ0n) is 16.3. The second-order valence-electron chi connectivity index (χ2n) is 6.84. The number of halogens is 2. The van der Waals surface area contributed by atoms with Crippen LogP contribution in [0.15, 0.2) is 18.2 Å². The Kier molecular flexibility index (Phi) is 6.49. The van der Waals surface area contributed by atoms with Gasteiger partial charge in [-0.3, -0.25) is 0 Å². The molecule has 9 heteroatoms.